The molecule has 5 heteroatoms. The van der Waals surface area contributed by atoms with Crippen molar-refractivity contribution in [3.05, 3.63) is 10.9 Å². The van der Waals surface area contributed by atoms with Gasteiger partial charge in [-0.1, -0.05) is 13.8 Å². The number of nitrogens with two attached hydrogens (primary N) is 1. The molecule has 1 fully saturated rings. The minimum atomic E-state index is 0.117. The van der Waals surface area contributed by atoms with Gasteiger partial charge < -0.3 is 15.8 Å². The van der Waals surface area contributed by atoms with Crippen LogP contribution in [-0.2, 0) is 4.74 Å². The number of ether oxygens (including phenoxy) is 1. The van der Waals surface area contributed by atoms with Crippen LogP contribution in [0.1, 0.15) is 42.8 Å². The summed E-state index contributed by atoms with van der Waals surface area (Å²) in [5.41, 5.74) is 6.47. The van der Waals surface area contributed by atoms with Crippen LogP contribution in [0.3, 0.4) is 0 Å². The lowest BCUT2D eigenvalue weighted by molar-refractivity contribution is 0.0900. The second-order valence-corrected chi connectivity index (χ2v) is 5.97. The van der Waals surface area contributed by atoms with Gasteiger partial charge in [-0.2, -0.15) is 0 Å². The van der Waals surface area contributed by atoms with Gasteiger partial charge in [0.1, 0.15) is 0 Å². The van der Waals surface area contributed by atoms with E-state index in [4.69, 9.17) is 10.5 Å². The van der Waals surface area contributed by atoms with Crippen molar-refractivity contribution < 1.29 is 9.53 Å². The Balaban J connectivity index is 1.95. The smallest absolute Gasteiger partial charge is 0.174 e. The predicted molar refractivity (Wildman–Crippen MR) is 80.0 cm³/mol. The van der Waals surface area contributed by atoms with E-state index in [1.54, 1.807) is 0 Å². The number of hydrogen-bond donors (Lipinski definition) is 2. The van der Waals surface area contributed by atoms with E-state index in [1.807, 2.05) is 13.0 Å². The van der Waals surface area contributed by atoms with Crippen LogP contribution in [0.5, 0.6) is 0 Å². The molecule has 1 aromatic rings. The first-order valence-corrected chi connectivity index (χ1v) is 7.75. The molecule has 2 unspecified atom stereocenters. The van der Waals surface area contributed by atoms with Gasteiger partial charge in [-0.25, -0.2) is 0 Å². The molecule has 1 aliphatic heterocycles. The number of nitrogens with one attached hydrogen (secondary N) is 1. The van der Waals surface area contributed by atoms with E-state index >= 15 is 0 Å². The Labute approximate surface area is 118 Å². The predicted octanol–water partition coefficient (Wildman–Crippen LogP) is 3.15. The standard InChI is InChI=1S/C14H22N2O2S/c1-3-11(17)14-10(15)7-13(19-14)16-8-9-5-6-18-12(9)4-2/h7,9,12,16H,3-6,8,15H2,1-2H3. The quantitative estimate of drug-likeness (QED) is 0.787. The van der Waals surface area contributed by atoms with E-state index in [1.165, 1.54) is 11.3 Å². The van der Waals surface area contributed by atoms with Crippen LogP contribution in [0.25, 0.3) is 0 Å². The minimum Gasteiger partial charge on any atom is -0.397 e. The molecule has 2 atom stereocenters. The first-order chi connectivity index (χ1) is 9.15. The monoisotopic (exact) mass is 282 g/mol. The molecule has 0 radical (unpaired) electrons. The molecule has 0 bridgehead atoms. The number of hydrogen-bond acceptors (Lipinski definition) is 5. The number of carbonyl (C=O) groups excluding carboxylic acids is 1. The number of anilines is 2. The van der Waals surface area contributed by atoms with Gasteiger partial charge >= 0.3 is 0 Å². The molecule has 0 saturated carbocycles. The van der Waals surface area contributed by atoms with Crippen LogP contribution in [0.15, 0.2) is 6.07 Å². The lowest BCUT2D eigenvalue weighted by Crippen LogP contribution is -2.22. The van der Waals surface area contributed by atoms with Gasteiger partial charge in [0, 0.05) is 25.5 Å². The highest BCUT2D eigenvalue weighted by Crippen LogP contribution is 2.31. The molecule has 2 rings (SSSR count). The van der Waals surface area contributed by atoms with E-state index < -0.39 is 0 Å². The highest BCUT2D eigenvalue weighted by Gasteiger charge is 2.26. The molecule has 0 spiro atoms. The first-order valence-electron chi connectivity index (χ1n) is 6.93. The molecular formula is C14H22N2O2S. The second kappa shape index (κ2) is 6.39. The SMILES string of the molecule is CCC(=O)c1sc(NCC2CCOC2CC)cc1N. The van der Waals surface area contributed by atoms with Crippen LogP contribution >= 0.6 is 11.3 Å². The molecule has 0 aliphatic carbocycles. The molecule has 3 N–H and O–H groups in total. The Bertz CT molecular complexity index is 445. The van der Waals surface area contributed by atoms with Crippen molar-refractivity contribution in [2.45, 2.75) is 39.2 Å². The van der Waals surface area contributed by atoms with Crippen molar-refractivity contribution >= 4 is 27.8 Å². The molecular weight excluding hydrogens is 260 g/mol. The zero-order chi connectivity index (χ0) is 13.8. The van der Waals surface area contributed by atoms with Gasteiger partial charge in [-0.3, -0.25) is 4.79 Å². The zero-order valence-electron chi connectivity index (χ0n) is 11.6. The fourth-order valence-electron chi connectivity index (χ4n) is 2.48. The maximum absolute atomic E-state index is 11.7. The van der Waals surface area contributed by atoms with Crippen molar-refractivity contribution in [2.75, 3.05) is 24.2 Å². The summed E-state index contributed by atoms with van der Waals surface area (Å²) >= 11 is 1.46. The summed E-state index contributed by atoms with van der Waals surface area (Å²) in [6.45, 7) is 5.76. The lowest BCUT2D eigenvalue weighted by Gasteiger charge is -2.17. The molecule has 0 aromatic carbocycles. The number of carbonyl (C=O) groups is 1. The molecule has 0 amide bonds. The summed E-state index contributed by atoms with van der Waals surface area (Å²) in [7, 11) is 0. The summed E-state index contributed by atoms with van der Waals surface area (Å²) in [5.74, 6) is 0.671. The molecule has 1 saturated heterocycles. The maximum Gasteiger partial charge on any atom is 0.174 e. The first kappa shape index (κ1) is 14.3. The van der Waals surface area contributed by atoms with E-state index in [2.05, 4.69) is 12.2 Å². The van der Waals surface area contributed by atoms with Gasteiger partial charge in [0.15, 0.2) is 5.78 Å². The highest BCUT2D eigenvalue weighted by atomic mass is 32.1. The maximum atomic E-state index is 11.7. The average molecular weight is 282 g/mol. The fraction of sp³-hybridized carbons (Fsp3) is 0.643. The van der Waals surface area contributed by atoms with Crippen LogP contribution in [0.4, 0.5) is 10.7 Å². The van der Waals surface area contributed by atoms with Crippen molar-refractivity contribution in [3.8, 4) is 0 Å². The van der Waals surface area contributed by atoms with Gasteiger partial charge in [0.2, 0.25) is 0 Å². The molecule has 2 heterocycles. The van der Waals surface area contributed by atoms with Gasteiger partial charge in [-0.15, -0.1) is 11.3 Å². The molecule has 1 aliphatic rings. The minimum absolute atomic E-state index is 0.117. The topological polar surface area (TPSA) is 64.3 Å². The van der Waals surface area contributed by atoms with E-state index in [0.29, 0.717) is 29.0 Å². The molecule has 1 aromatic heterocycles. The molecule has 19 heavy (non-hydrogen) atoms. The Morgan fingerprint density at radius 3 is 3.05 bits per heavy atom. The molecule has 4 nitrogen and oxygen atoms in total. The molecule has 106 valence electrons. The number of nitrogen functional groups attached to an aromatic ring is 1. The number of ketones is 1. The normalized spacial score (nSPS) is 22.6. The van der Waals surface area contributed by atoms with E-state index in [0.717, 1.165) is 31.0 Å². The van der Waals surface area contributed by atoms with Gasteiger partial charge in [0.25, 0.3) is 0 Å². The summed E-state index contributed by atoms with van der Waals surface area (Å²) in [6, 6.07) is 1.87. The van der Waals surface area contributed by atoms with Crippen molar-refractivity contribution in [1.29, 1.82) is 0 Å². The highest BCUT2D eigenvalue weighted by molar-refractivity contribution is 7.18. The third-order valence-corrected chi connectivity index (χ3v) is 4.77. The summed E-state index contributed by atoms with van der Waals surface area (Å²) in [5, 5.41) is 4.38. The van der Waals surface area contributed by atoms with E-state index in [9.17, 15) is 4.79 Å². The number of Topliss-reactive ketones (excluding diaryl/α,β-unsaturated/α-hetero) is 1. The van der Waals surface area contributed by atoms with Gasteiger partial charge in [0.05, 0.1) is 21.7 Å². The second-order valence-electron chi connectivity index (χ2n) is 4.92. The third kappa shape index (κ3) is 3.28. The average Bonchev–Trinajstić information content (AvgIpc) is 3.01. The number of thiophene rings is 1. The lowest BCUT2D eigenvalue weighted by atomic mass is 10.00. The van der Waals surface area contributed by atoms with Crippen molar-refractivity contribution in [3.63, 3.8) is 0 Å². The van der Waals surface area contributed by atoms with Crippen molar-refractivity contribution in [2.24, 2.45) is 5.92 Å². The zero-order valence-corrected chi connectivity index (χ0v) is 12.4. The van der Waals surface area contributed by atoms with E-state index in [-0.39, 0.29) is 5.78 Å². The Morgan fingerprint density at radius 2 is 2.37 bits per heavy atom. The van der Waals surface area contributed by atoms with Crippen molar-refractivity contribution in [1.82, 2.24) is 0 Å². The van der Waals surface area contributed by atoms with Crippen LogP contribution in [-0.4, -0.2) is 25.0 Å². The van der Waals surface area contributed by atoms with Crippen LogP contribution in [0, 0.1) is 5.92 Å². The number of rotatable bonds is 6. The Hall–Kier alpha value is -1.07. The third-order valence-electron chi connectivity index (χ3n) is 3.62. The van der Waals surface area contributed by atoms with Crippen LogP contribution in [0.2, 0.25) is 0 Å². The largest absolute Gasteiger partial charge is 0.397 e. The summed E-state index contributed by atoms with van der Waals surface area (Å²) < 4.78 is 5.67. The summed E-state index contributed by atoms with van der Waals surface area (Å²) in [4.78, 5) is 12.4. The Morgan fingerprint density at radius 1 is 1.58 bits per heavy atom. The Kier molecular flexibility index (Phi) is 4.82. The fourth-order valence-corrected chi connectivity index (χ4v) is 3.48. The summed E-state index contributed by atoms with van der Waals surface area (Å²) in [6.07, 6.45) is 3.02. The van der Waals surface area contributed by atoms with Gasteiger partial charge in [-0.05, 0) is 18.9 Å². The van der Waals surface area contributed by atoms with Crippen LogP contribution < -0.4 is 11.1 Å².